The third kappa shape index (κ3) is 6.94. The number of carbonyl (C=O) groups is 1. The summed E-state index contributed by atoms with van der Waals surface area (Å²) in [6.45, 7) is 4.27. The average Bonchev–Trinajstić information content (AvgIpc) is 2.92. The van der Waals surface area contributed by atoms with Crippen LogP contribution in [0.3, 0.4) is 0 Å². The number of nitrogens with one attached hydrogen (secondary N) is 1. The molecule has 1 aromatic rings. The zero-order valence-corrected chi connectivity index (χ0v) is 15.7. The average molecular weight is 348 g/mol. The van der Waals surface area contributed by atoms with Crippen LogP contribution in [0.1, 0.15) is 44.1 Å². The summed E-state index contributed by atoms with van der Waals surface area (Å²) in [6.07, 6.45) is 7.49. The normalized spacial score (nSPS) is 15.4. The molecule has 1 aliphatic rings. The van der Waals surface area contributed by atoms with Gasteiger partial charge in [-0.3, -0.25) is 4.79 Å². The Morgan fingerprint density at radius 1 is 1.12 bits per heavy atom. The third-order valence-electron chi connectivity index (χ3n) is 4.78. The molecule has 0 aromatic heterocycles. The molecule has 0 atom stereocenters. The monoisotopic (exact) mass is 348 g/mol. The summed E-state index contributed by atoms with van der Waals surface area (Å²) in [5.74, 6) is 1.68. The lowest BCUT2D eigenvalue weighted by Crippen LogP contribution is -2.30. The molecule has 1 amide bonds. The van der Waals surface area contributed by atoms with Crippen LogP contribution in [-0.4, -0.2) is 51.2 Å². The molecular formula is C20H32N2O3. The van der Waals surface area contributed by atoms with E-state index in [2.05, 4.69) is 10.2 Å². The van der Waals surface area contributed by atoms with Crippen molar-refractivity contribution in [1.29, 1.82) is 0 Å². The molecule has 2 rings (SSSR count). The molecule has 1 fully saturated rings. The van der Waals surface area contributed by atoms with Crippen LogP contribution in [-0.2, 0) is 11.2 Å². The summed E-state index contributed by atoms with van der Waals surface area (Å²) in [7, 11) is 3.29. The van der Waals surface area contributed by atoms with E-state index in [-0.39, 0.29) is 5.91 Å². The summed E-state index contributed by atoms with van der Waals surface area (Å²) >= 11 is 0. The summed E-state index contributed by atoms with van der Waals surface area (Å²) in [5.41, 5.74) is 1.00. The van der Waals surface area contributed by atoms with E-state index >= 15 is 0 Å². The number of amides is 1. The SMILES string of the molecule is COc1ccc(OC)c(CCC(=O)NCCCN2CCCCCC2)c1. The number of carbonyl (C=O) groups excluding carboxylic acids is 1. The highest BCUT2D eigenvalue weighted by Crippen LogP contribution is 2.25. The molecule has 1 N–H and O–H groups in total. The molecule has 5 nitrogen and oxygen atoms in total. The Morgan fingerprint density at radius 3 is 2.56 bits per heavy atom. The van der Waals surface area contributed by atoms with Gasteiger partial charge in [-0.05, 0) is 69.1 Å². The molecule has 1 saturated heterocycles. The molecule has 0 radical (unpaired) electrons. The van der Waals surface area contributed by atoms with Crippen LogP contribution in [0.2, 0.25) is 0 Å². The maximum absolute atomic E-state index is 12.1. The highest BCUT2D eigenvalue weighted by Gasteiger charge is 2.10. The van der Waals surface area contributed by atoms with Gasteiger partial charge in [-0.25, -0.2) is 0 Å². The molecule has 0 bridgehead atoms. The first-order chi connectivity index (χ1) is 12.2. The third-order valence-corrected chi connectivity index (χ3v) is 4.78. The van der Waals surface area contributed by atoms with Gasteiger partial charge in [-0.15, -0.1) is 0 Å². The highest BCUT2D eigenvalue weighted by atomic mass is 16.5. The second-order valence-electron chi connectivity index (χ2n) is 6.64. The van der Waals surface area contributed by atoms with Gasteiger partial charge in [0.1, 0.15) is 11.5 Å². The van der Waals surface area contributed by atoms with Gasteiger partial charge in [-0.2, -0.15) is 0 Å². The van der Waals surface area contributed by atoms with Crippen molar-refractivity contribution >= 4 is 5.91 Å². The van der Waals surface area contributed by atoms with Crippen molar-refractivity contribution in [2.24, 2.45) is 0 Å². The Hall–Kier alpha value is -1.75. The predicted octanol–water partition coefficient (Wildman–Crippen LogP) is 3.02. The standard InChI is InChI=1S/C20H32N2O3/c1-24-18-9-10-19(25-2)17(16-18)8-11-20(23)21-12-7-15-22-13-5-3-4-6-14-22/h9-10,16H,3-8,11-15H2,1-2H3,(H,21,23). The number of likely N-dealkylation sites (tertiary alicyclic amines) is 1. The molecule has 0 saturated carbocycles. The van der Waals surface area contributed by atoms with Crippen LogP contribution >= 0.6 is 0 Å². The number of aryl methyl sites for hydroxylation is 1. The van der Waals surface area contributed by atoms with Gasteiger partial charge in [0.15, 0.2) is 0 Å². The first-order valence-electron chi connectivity index (χ1n) is 9.43. The van der Waals surface area contributed by atoms with Crippen molar-refractivity contribution in [2.75, 3.05) is 40.4 Å². The smallest absolute Gasteiger partial charge is 0.220 e. The molecule has 25 heavy (non-hydrogen) atoms. The zero-order chi connectivity index (χ0) is 17.9. The van der Waals surface area contributed by atoms with Crippen LogP contribution in [0.5, 0.6) is 11.5 Å². The minimum Gasteiger partial charge on any atom is -0.497 e. The Labute approximate surface area is 151 Å². The van der Waals surface area contributed by atoms with Gasteiger partial charge in [0, 0.05) is 13.0 Å². The maximum atomic E-state index is 12.1. The van der Waals surface area contributed by atoms with Gasteiger partial charge >= 0.3 is 0 Å². The topological polar surface area (TPSA) is 50.8 Å². The quantitative estimate of drug-likeness (QED) is 0.697. The zero-order valence-electron chi connectivity index (χ0n) is 15.7. The van der Waals surface area contributed by atoms with Crippen molar-refractivity contribution in [3.05, 3.63) is 23.8 Å². The van der Waals surface area contributed by atoms with Crippen LogP contribution in [0.25, 0.3) is 0 Å². The molecule has 1 aliphatic heterocycles. The molecule has 0 unspecified atom stereocenters. The Kier molecular flexibility index (Phi) is 8.60. The van der Waals surface area contributed by atoms with Gasteiger partial charge in [0.05, 0.1) is 14.2 Å². The minimum absolute atomic E-state index is 0.0979. The van der Waals surface area contributed by atoms with Crippen molar-refractivity contribution in [1.82, 2.24) is 10.2 Å². The van der Waals surface area contributed by atoms with Crippen molar-refractivity contribution in [2.45, 2.75) is 44.9 Å². The fourth-order valence-corrected chi connectivity index (χ4v) is 3.30. The van der Waals surface area contributed by atoms with E-state index in [1.54, 1.807) is 14.2 Å². The molecule has 1 aromatic carbocycles. The van der Waals surface area contributed by atoms with E-state index in [1.165, 1.54) is 38.8 Å². The summed E-state index contributed by atoms with van der Waals surface area (Å²) < 4.78 is 10.6. The van der Waals surface area contributed by atoms with Crippen molar-refractivity contribution < 1.29 is 14.3 Å². The van der Waals surface area contributed by atoms with E-state index in [4.69, 9.17) is 9.47 Å². The lowest BCUT2D eigenvalue weighted by Gasteiger charge is -2.19. The van der Waals surface area contributed by atoms with E-state index in [0.29, 0.717) is 12.8 Å². The largest absolute Gasteiger partial charge is 0.497 e. The predicted molar refractivity (Wildman–Crippen MR) is 100 cm³/mol. The molecule has 140 valence electrons. The number of methoxy groups -OCH3 is 2. The number of rotatable bonds is 9. The summed E-state index contributed by atoms with van der Waals surface area (Å²) in [6, 6.07) is 5.68. The molecule has 0 aliphatic carbocycles. The van der Waals surface area contributed by atoms with E-state index in [1.807, 2.05) is 18.2 Å². The second-order valence-corrected chi connectivity index (χ2v) is 6.64. The molecule has 1 heterocycles. The van der Waals surface area contributed by atoms with Crippen LogP contribution in [0, 0.1) is 0 Å². The molecular weight excluding hydrogens is 316 g/mol. The number of hydrogen-bond donors (Lipinski definition) is 1. The van der Waals surface area contributed by atoms with E-state index < -0.39 is 0 Å². The number of hydrogen-bond acceptors (Lipinski definition) is 4. The Balaban J connectivity index is 1.66. The van der Waals surface area contributed by atoms with E-state index in [9.17, 15) is 4.79 Å². The fraction of sp³-hybridized carbons (Fsp3) is 0.650. The maximum Gasteiger partial charge on any atom is 0.220 e. The molecule has 5 heteroatoms. The van der Waals surface area contributed by atoms with Crippen molar-refractivity contribution in [3.8, 4) is 11.5 Å². The number of nitrogens with zero attached hydrogens (tertiary/aromatic N) is 1. The Morgan fingerprint density at radius 2 is 1.88 bits per heavy atom. The number of ether oxygens (including phenoxy) is 2. The van der Waals surface area contributed by atoms with Gasteiger partial charge in [0.2, 0.25) is 5.91 Å². The first kappa shape index (κ1) is 19.6. The molecule has 0 spiro atoms. The van der Waals surface area contributed by atoms with Gasteiger partial charge in [-0.1, -0.05) is 12.8 Å². The van der Waals surface area contributed by atoms with Gasteiger partial charge < -0.3 is 19.7 Å². The summed E-state index contributed by atoms with van der Waals surface area (Å²) in [4.78, 5) is 14.6. The summed E-state index contributed by atoms with van der Waals surface area (Å²) in [5, 5.41) is 3.04. The van der Waals surface area contributed by atoms with Crippen molar-refractivity contribution in [3.63, 3.8) is 0 Å². The van der Waals surface area contributed by atoms with Gasteiger partial charge in [0.25, 0.3) is 0 Å². The first-order valence-corrected chi connectivity index (χ1v) is 9.43. The van der Waals surface area contributed by atoms with Crippen LogP contribution in [0.4, 0.5) is 0 Å². The minimum atomic E-state index is 0.0979. The van der Waals surface area contributed by atoms with E-state index in [0.717, 1.165) is 36.6 Å². The van der Waals surface area contributed by atoms with Crippen LogP contribution in [0.15, 0.2) is 18.2 Å². The lowest BCUT2D eigenvalue weighted by atomic mass is 10.1. The number of benzene rings is 1. The van der Waals surface area contributed by atoms with Crippen LogP contribution < -0.4 is 14.8 Å². The lowest BCUT2D eigenvalue weighted by molar-refractivity contribution is -0.121. The Bertz CT molecular complexity index is 526. The fourth-order valence-electron chi connectivity index (χ4n) is 3.30. The highest BCUT2D eigenvalue weighted by molar-refractivity contribution is 5.76. The second kappa shape index (κ2) is 11.0.